The summed E-state index contributed by atoms with van der Waals surface area (Å²) < 4.78 is 3.30. The van der Waals surface area contributed by atoms with Crippen LogP contribution < -0.4 is 11.0 Å². The number of nitrogens with zero attached hydrogens (tertiary/aromatic N) is 2. The summed E-state index contributed by atoms with van der Waals surface area (Å²) in [5.74, 6) is -0.211. The molecule has 5 heteroatoms. The first kappa shape index (κ1) is 19.7. The molecular weight excluding hydrogens is 374 g/mol. The second-order valence-corrected chi connectivity index (χ2v) is 7.38. The summed E-state index contributed by atoms with van der Waals surface area (Å²) in [6.45, 7) is 2.65. The molecule has 0 saturated heterocycles. The quantitative estimate of drug-likeness (QED) is 0.499. The van der Waals surface area contributed by atoms with Crippen LogP contribution in [0, 0.1) is 0 Å². The number of rotatable bonds is 7. The Morgan fingerprint density at radius 2 is 1.47 bits per heavy atom. The Labute approximate surface area is 175 Å². The molecule has 152 valence electrons. The second kappa shape index (κ2) is 8.82. The molecule has 0 aliphatic carbocycles. The van der Waals surface area contributed by atoms with Crippen molar-refractivity contribution in [3.63, 3.8) is 0 Å². The van der Waals surface area contributed by atoms with Gasteiger partial charge in [-0.15, -0.1) is 0 Å². The molecule has 1 heterocycles. The maximum atomic E-state index is 12.9. The van der Waals surface area contributed by atoms with Crippen molar-refractivity contribution in [1.82, 2.24) is 9.13 Å². The molecule has 4 rings (SSSR count). The SMILES string of the molecule is CCCn1c(=O)n(CC(=O)Nc2ccccc2Cc2ccccc2)c2ccccc21. The van der Waals surface area contributed by atoms with E-state index in [9.17, 15) is 9.59 Å². The third-order valence-electron chi connectivity index (χ3n) is 5.20. The van der Waals surface area contributed by atoms with Crippen LogP contribution in [0.3, 0.4) is 0 Å². The highest BCUT2D eigenvalue weighted by molar-refractivity contribution is 5.92. The number of para-hydroxylation sites is 3. The number of fused-ring (bicyclic) bond motifs is 1. The van der Waals surface area contributed by atoms with E-state index in [2.05, 4.69) is 17.4 Å². The predicted octanol–water partition coefficient (Wildman–Crippen LogP) is 4.44. The molecule has 0 radical (unpaired) electrons. The van der Waals surface area contributed by atoms with Gasteiger partial charge in [-0.2, -0.15) is 0 Å². The lowest BCUT2D eigenvalue weighted by atomic mass is 10.0. The molecule has 4 aromatic rings. The number of anilines is 1. The zero-order valence-corrected chi connectivity index (χ0v) is 17.0. The van der Waals surface area contributed by atoms with Gasteiger partial charge in [-0.3, -0.25) is 13.9 Å². The molecule has 0 fully saturated rings. The minimum atomic E-state index is -0.211. The Balaban J connectivity index is 1.58. The molecule has 3 aromatic carbocycles. The number of carbonyl (C=O) groups excluding carboxylic acids is 1. The first-order valence-corrected chi connectivity index (χ1v) is 10.3. The Morgan fingerprint density at radius 1 is 0.833 bits per heavy atom. The molecule has 0 atom stereocenters. The van der Waals surface area contributed by atoms with Crippen LogP contribution in [0.1, 0.15) is 24.5 Å². The molecule has 0 unspecified atom stereocenters. The van der Waals surface area contributed by atoms with Crippen molar-refractivity contribution in [3.8, 4) is 0 Å². The van der Waals surface area contributed by atoms with Crippen LogP contribution in [0.15, 0.2) is 83.7 Å². The van der Waals surface area contributed by atoms with E-state index < -0.39 is 0 Å². The van der Waals surface area contributed by atoms with Crippen LogP contribution in [-0.4, -0.2) is 15.0 Å². The monoisotopic (exact) mass is 399 g/mol. The molecule has 0 spiro atoms. The van der Waals surface area contributed by atoms with Gasteiger partial charge in [0.1, 0.15) is 6.54 Å². The van der Waals surface area contributed by atoms with Gasteiger partial charge in [0.05, 0.1) is 11.0 Å². The maximum Gasteiger partial charge on any atom is 0.329 e. The summed E-state index contributed by atoms with van der Waals surface area (Å²) in [6.07, 6.45) is 1.58. The number of aromatic nitrogens is 2. The van der Waals surface area contributed by atoms with E-state index in [0.717, 1.165) is 35.1 Å². The lowest BCUT2D eigenvalue weighted by Gasteiger charge is -2.12. The first-order chi connectivity index (χ1) is 14.7. The van der Waals surface area contributed by atoms with Crippen molar-refractivity contribution in [1.29, 1.82) is 0 Å². The van der Waals surface area contributed by atoms with Crippen molar-refractivity contribution in [2.75, 3.05) is 5.32 Å². The topological polar surface area (TPSA) is 56.0 Å². The van der Waals surface area contributed by atoms with E-state index in [-0.39, 0.29) is 18.1 Å². The maximum absolute atomic E-state index is 12.9. The van der Waals surface area contributed by atoms with Crippen LogP contribution in [0.5, 0.6) is 0 Å². The third-order valence-corrected chi connectivity index (χ3v) is 5.20. The molecule has 1 N–H and O–H groups in total. The van der Waals surface area contributed by atoms with Gasteiger partial charge < -0.3 is 5.32 Å². The summed E-state index contributed by atoms with van der Waals surface area (Å²) in [7, 11) is 0. The highest BCUT2D eigenvalue weighted by atomic mass is 16.2. The normalized spacial score (nSPS) is 11.0. The number of imidazole rings is 1. The van der Waals surface area contributed by atoms with Gasteiger partial charge in [0.2, 0.25) is 5.91 Å². The van der Waals surface area contributed by atoms with Gasteiger partial charge in [0, 0.05) is 12.2 Å². The van der Waals surface area contributed by atoms with Crippen LogP contribution in [0.25, 0.3) is 11.0 Å². The molecule has 0 aliphatic heterocycles. The molecule has 0 aliphatic rings. The van der Waals surface area contributed by atoms with Crippen LogP contribution in [-0.2, 0) is 24.3 Å². The summed E-state index contributed by atoms with van der Waals surface area (Å²) in [5.41, 5.74) is 4.49. The van der Waals surface area contributed by atoms with Gasteiger partial charge >= 0.3 is 5.69 Å². The van der Waals surface area contributed by atoms with Crippen LogP contribution >= 0.6 is 0 Å². The third kappa shape index (κ3) is 4.06. The number of aryl methyl sites for hydroxylation is 1. The zero-order chi connectivity index (χ0) is 20.9. The molecule has 1 amide bonds. The van der Waals surface area contributed by atoms with E-state index in [1.165, 1.54) is 5.56 Å². The molecule has 1 aromatic heterocycles. The predicted molar refractivity (Wildman–Crippen MR) is 121 cm³/mol. The largest absolute Gasteiger partial charge is 0.329 e. The van der Waals surface area contributed by atoms with Gasteiger partial charge in [0.15, 0.2) is 0 Å². The van der Waals surface area contributed by atoms with Crippen LogP contribution in [0.2, 0.25) is 0 Å². The van der Waals surface area contributed by atoms with E-state index in [4.69, 9.17) is 0 Å². The molecule has 0 bridgehead atoms. The average molecular weight is 399 g/mol. The zero-order valence-electron chi connectivity index (χ0n) is 17.0. The lowest BCUT2D eigenvalue weighted by Crippen LogP contribution is -2.29. The molecule has 5 nitrogen and oxygen atoms in total. The molecule has 30 heavy (non-hydrogen) atoms. The van der Waals surface area contributed by atoms with Crippen molar-refractivity contribution in [2.24, 2.45) is 0 Å². The van der Waals surface area contributed by atoms with Gasteiger partial charge in [0.25, 0.3) is 0 Å². The molecular formula is C25H25N3O2. The average Bonchev–Trinajstić information content (AvgIpc) is 3.02. The van der Waals surface area contributed by atoms with Crippen molar-refractivity contribution in [2.45, 2.75) is 32.9 Å². The van der Waals surface area contributed by atoms with E-state index in [1.54, 1.807) is 9.13 Å². The fourth-order valence-electron chi connectivity index (χ4n) is 3.81. The standard InChI is InChI=1S/C25H25N3O2/c1-2-16-27-22-14-8-9-15-23(22)28(25(27)30)18-24(29)26-21-13-7-6-12-20(21)17-19-10-4-3-5-11-19/h3-15H,2,16-18H2,1H3,(H,26,29). The Kier molecular flexibility index (Phi) is 5.80. The minimum Gasteiger partial charge on any atom is -0.324 e. The highest BCUT2D eigenvalue weighted by Crippen LogP contribution is 2.20. The van der Waals surface area contributed by atoms with Gasteiger partial charge in [-0.1, -0.05) is 67.6 Å². The second-order valence-electron chi connectivity index (χ2n) is 7.38. The minimum absolute atomic E-state index is 0.0181. The van der Waals surface area contributed by atoms with E-state index >= 15 is 0 Å². The number of benzene rings is 3. The number of hydrogen-bond acceptors (Lipinski definition) is 2. The van der Waals surface area contributed by atoms with E-state index in [0.29, 0.717) is 6.54 Å². The Bertz CT molecular complexity index is 1220. The van der Waals surface area contributed by atoms with E-state index in [1.807, 2.05) is 73.7 Å². The summed E-state index contributed by atoms with van der Waals surface area (Å²) in [5, 5.41) is 3.00. The summed E-state index contributed by atoms with van der Waals surface area (Å²) >= 11 is 0. The van der Waals surface area contributed by atoms with Gasteiger partial charge in [-0.05, 0) is 42.2 Å². The van der Waals surface area contributed by atoms with Crippen molar-refractivity contribution >= 4 is 22.6 Å². The Morgan fingerprint density at radius 3 is 2.20 bits per heavy atom. The van der Waals surface area contributed by atoms with Gasteiger partial charge in [-0.25, -0.2) is 4.79 Å². The number of nitrogens with one attached hydrogen (secondary N) is 1. The summed E-state index contributed by atoms with van der Waals surface area (Å²) in [6, 6.07) is 25.6. The molecule has 0 saturated carbocycles. The number of amides is 1. The fourth-order valence-corrected chi connectivity index (χ4v) is 3.81. The van der Waals surface area contributed by atoms with Crippen LogP contribution in [0.4, 0.5) is 5.69 Å². The van der Waals surface area contributed by atoms with Crippen molar-refractivity contribution in [3.05, 3.63) is 100 Å². The first-order valence-electron chi connectivity index (χ1n) is 10.3. The number of hydrogen-bond donors (Lipinski definition) is 1. The summed E-state index contributed by atoms with van der Waals surface area (Å²) in [4.78, 5) is 25.8. The lowest BCUT2D eigenvalue weighted by molar-refractivity contribution is -0.116. The fraction of sp³-hybridized carbons (Fsp3) is 0.200. The highest BCUT2D eigenvalue weighted by Gasteiger charge is 2.15. The smallest absolute Gasteiger partial charge is 0.324 e. The van der Waals surface area contributed by atoms with Crippen molar-refractivity contribution < 1.29 is 4.79 Å². The Hall–Kier alpha value is -3.60. The number of carbonyl (C=O) groups is 1.